The topological polar surface area (TPSA) is 84.2 Å². The molecule has 4 N–H and O–H groups in total. The summed E-state index contributed by atoms with van der Waals surface area (Å²) < 4.78 is 18.2. The molecule has 2 aromatic rings. The summed E-state index contributed by atoms with van der Waals surface area (Å²) in [5.41, 5.74) is 6.12. The van der Waals surface area contributed by atoms with E-state index in [0.29, 0.717) is 5.69 Å². The number of nitrogens with zero attached hydrogens (tertiary/aromatic N) is 1. The van der Waals surface area contributed by atoms with E-state index in [2.05, 4.69) is 10.2 Å². The van der Waals surface area contributed by atoms with Crippen LogP contribution in [0.15, 0.2) is 12.1 Å². The van der Waals surface area contributed by atoms with E-state index in [4.69, 9.17) is 22.1 Å². The van der Waals surface area contributed by atoms with Crippen LogP contribution in [0.3, 0.4) is 0 Å². The molecule has 0 aliphatic carbocycles. The fourth-order valence-corrected chi connectivity index (χ4v) is 1.65. The van der Waals surface area contributed by atoms with Crippen LogP contribution in [0.1, 0.15) is 0 Å². The largest absolute Gasteiger partial charge is 0.504 e. The zero-order valence-electron chi connectivity index (χ0n) is 8.79. The number of benzene rings is 1. The number of aromatic amines is 1. The average molecular weight is 258 g/mol. The molecular weight excluding hydrogens is 249 g/mol. The summed E-state index contributed by atoms with van der Waals surface area (Å²) in [6.45, 7) is 0. The molecule has 5 nitrogen and oxygen atoms in total. The lowest BCUT2D eigenvalue weighted by molar-refractivity contribution is 0.352. The molecule has 0 unspecified atom stereocenters. The molecule has 0 spiro atoms. The molecule has 17 heavy (non-hydrogen) atoms. The van der Waals surface area contributed by atoms with Crippen LogP contribution in [-0.4, -0.2) is 22.4 Å². The van der Waals surface area contributed by atoms with E-state index in [9.17, 15) is 9.50 Å². The molecule has 0 saturated carbocycles. The monoisotopic (exact) mass is 257 g/mol. The molecule has 7 heteroatoms. The highest BCUT2D eigenvalue weighted by Gasteiger charge is 2.19. The third-order valence-corrected chi connectivity index (χ3v) is 2.52. The number of methoxy groups -OCH3 is 1. The predicted molar refractivity (Wildman–Crippen MR) is 61.6 cm³/mol. The van der Waals surface area contributed by atoms with Gasteiger partial charge in [-0.2, -0.15) is 5.10 Å². The van der Waals surface area contributed by atoms with Crippen molar-refractivity contribution < 1.29 is 14.2 Å². The van der Waals surface area contributed by atoms with Gasteiger partial charge in [-0.1, -0.05) is 11.6 Å². The van der Waals surface area contributed by atoms with Crippen LogP contribution >= 0.6 is 11.6 Å². The van der Waals surface area contributed by atoms with Crippen molar-refractivity contribution in [1.29, 1.82) is 0 Å². The smallest absolute Gasteiger partial charge is 0.198 e. The van der Waals surface area contributed by atoms with Crippen molar-refractivity contribution in [2.75, 3.05) is 12.8 Å². The highest BCUT2D eigenvalue weighted by atomic mass is 35.5. The summed E-state index contributed by atoms with van der Waals surface area (Å²) in [5.74, 6) is -1.25. The van der Waals surface area contributed by atoms with Gasteiger partial charge in [-0.15, -0.1) is 0 Å². The first-order chi connectivity index (χ1) is 8.04. The highest BCUT2D eigenvalue weighted by Crippen LogP contribution is 2.41. The summed E-state index contributed by atoms with van der Waals surface area (Å²) in [4.78, 5) is 0. The molecule has 0 atom stereocenters. The number of nitrogens with two attached hydrogens (primary N) is 1. The van der Waals surface area contributed by atoms with E-state index in [-0.39, 0.29) is 27.9 Å². The molecule has 0 fully saturated rings. The van der Waals surface area contributed by atoms with Gasteiger partial charge in [-0.05, 0) is 6.07 Å². The highest BCUT2D eigenvalue weighted by molar-refractivity contribution is 6.31. The SMILES string of the molecule is COc1c(O)c(-c2cc(N)n[nH]2)cc(Cl)c1F. The minimum atomic E-state index is -0.817. The number of hydrogen-bond donors (Lipinski definition) is 3. The Labute approximate surface area is 101 Å². The summed E-state index contributed by atoms with van der Waals surface area (Å²) in [6.07, 6.45) is 0. The molecule has 0 saturated heterocycles. The van der Waals surface area contributed by atoms with Gasteiger partial charge in [-0.3, -0.25) is 5.10 Å². The number of phenolic OH excluding ortho intramolecular Hbond substituents is 1. The van der Waals surface area contributed by atoms with Gasteiger partial charge in [0.1, 0.15) is 5.82 Å². The summed E-state index contributed by atoms with van der Waals surface area (Å²) in [7, 11) is 1.24. The lowest BCUT2D eigenvalue weighted by Crippen LogP contribution is -1.92. The van der Waals surface area contributed by atoms with Crippen molar-refractivity contribution in [1.82, 2.24) is 10.2 Å². The zero-order valence-corrected chi connectivity index (χ0v) is 9.55. The molecule has 0 aliphatic rings. The second-order valence-electron chi connectivity index (χ2n) is 3.31. The van der Waals surface area contributed by atoms with Crippen molar-refractivity contribution in [3.05, 3.63) is 23.0 Å². The van der Waals surface area contributed by atoms with Crippen molar-refractivity contribution >= 4 is 17.4 Å². The van der Waals surface area contributed by atoms with E-state index < -0.39 is 5.82 Å². The first-order valence-electron chi connectivity index (χ1n) is 4.60. The minimum Gasteiger partial charge on any atom is -0.504 e. The Hall–Kier alpha value is -1.95. The number of nitrogens with one attached hydrogen (secondary N) is 1. The van der Waals surface area contributed by atoms with Gasteiger partial charge in [0.05, 0.1) is 17.8 Å². The van der Waals surface area contributed by atoms with Gasteiger partial charge in [0.25, 0.3) is 0 Å². The fraction of sp³-hybridized carbons (Fsp3) is 0.100. The second kappa shape index (κ2) is 4.14. The maximum absolute atomic E-state index is 13.5. The second-order valence-corrected chi connectivity index (χ2v) is 3.72. The molecule has 0 amide bonds. The molecule has 0 radical (unpaired) electrons. The van der Waals surface area contributed by atoms with Crippen LogP contribution in [0.5, 0.6) is 11.5 Å². The Balaban J connectivity index is 2.67. The molecule has 90 valence electrons. The van der Waals surface area contributed by atoms with Crippen LogP contribution < -0.4 is 10.5 Å². The van der Waals surface area contributed by atoms with Crippen LogP contribution in [0.25, 0.3) is 11.3 Å². The molecule has 1 aromatic carbocycles. The summed E-state index contributed by atoms with van der Waals surface area (Å²) in [5, 5.41) is 16.0. The molecule has 1 heterocycles. The summed E-state index contributed by atoms with van der Waals surface area (Å²) >= 11 is 5.69. The van der Waals surface area contributed by atoms with Crippen LogP contribution in [0.4, 0.5) is 10.2 Å². The predicted octanol–water partition coefficient (Wildman–Crippen LogP) is 2.17. The Kier molecular flexibility index (Phi) is 2.81. The van der Waals surface area contributed by atoms with Crippen LogP contribution in [-0.2, 0) is 0 Å². The Bertz CT molecular complexity index is 571. The van der Waals surface area contributed by atoms with E-state index in [1.54, 1.807) is 0 Å². The van der Waals surface area contributed by atoms with Crippen LogP contribution in [0.2, 0.25) is 5.02 Å². The minimum absolute atomic E-state index is 0.164. The quantitative estimate of drug-likeness (QED) is 0.770. The molecule has 0 aliphatic heterocycles. The van der Waals surface area contributed by atoms with Crippen molar-refractivity contribution in [3.8, 4) is 22.8 Å². The number of aromatic nitrogens is 2. The third-order valence-electron chi connectivity index (χ3n) is 2.24. The van der Waals surface area contributed by atoms with Crippen molar-refractivity contribution in [2.45, 2.75) is 0 Å². The normalized spacial score (nSPS) is 10.5. The van der Waals surface area contributed by atoms with Gasteiger partial charge < -0.3 is 15.6 Å². The van der Waals surface area contributed by atoms with Gasteiger partial charge in [0.2, 0.25) is 0 Å². The number of hydrogen-bond acceptors (Lipinski definition) is 4. The number of aromatic hydroxyl groups is 1. The van der Waals surface area contributed by atoms with Gasteiger partial charge in [-0.25, -0.2) is 4.39 Å². The standard InChI is InChI=1S/C10H9ClFN3O2/c1-17-10-8(12)5(11)2-4(9(10)16)6-3-7(13)15-14-6/h2-3,16H,1H3,(H3,13,14,15). The number of nitrogen functional groups attached to an aromatic ring is 1. The van der Waals surface area contributed by atoms with Gasteiger partial charge in [0, 0.05) is 11.6 Å². The Morgan fingerprint density at radius 1 is 1.53 bits per heavy atom. The molecule has 0 bridgehead atoms. The number of rotatable bonds is 2. The molecule has 1 aromatic heterocycles. The maximum Gasteiger partial charge on any atom is 0.198 e. The van der Waals surface area contributed by atoms with Gasteiger partial charge >= 0.3 is 0 Å². The Morgan fingerprint density at radius 3 is 2.76 bits per heavy atom. The fourth-order valence-electron chi connectivity index (χ4n) is 1.46. The first kappa shape index (κ1) is 11.5. The summed E-state index contributed by atoms with van der Waals surface area (Å²) in [6, 6.07) is 2.75. The first-order valence-corrected chi connectivity index (χ1v) is 4.98. The van der Waals surface area contributed by atoms with E-state index in [0.717, 1.165) is 0 Å². The molecule has 2 rings (SSSR count). The van der Waals surface area contributed by atoms with E-state index in [1.807, 2.05) is 0 Å². The average Bonchev–Trinajstić information content (AvgIpc) is 2.71. The lowest BCUT2D eigenvalue weighted by Gasteiger charge is -2.09. The zero-order chi connectivity index (χ0) is 12.6. The number of ether oxygens (including phenoxy) is 1. The van der Waals surface area contributed by atoms with Gasteiger partial charge in [0.15, 0.2) is 17.3 Å². The number of anilines is 1. The van der Waals surface area contributed by atoms with E-state index in [1.165, 1.54) is 19.2 Å². The third kappa shape index (κ3) is 1.87. The van der Waals surface area contributed by atoms with Crippen LogP contribution in [0, 0.1) is 5.82 Å². The Morgan fingerprint density at radius 2 is 2.24 bits per heavy atom. The number of halogens is 2. The van der Waals surface area contributed by atoms with Crippen molar-refractivity contribution in [3.63, 3.8) is 0 Å². The van der Waals surface area contributed by atoms with Crippen molar-refractivity contribution in [2.24, 2.45) is 0 Å². The number of H-pyrrole nitrogens is 1. The maximum atomic E-state index is 13.5. The number of phenols is 1. The lowest BCUT2D eigenvalue weighted by atomic mass is 10.1. The van der Waals surface area contributed by atoms with E-state index >= 15 is 0 Å². The molecular formula is C10H9ClFN3O2.